The van der Waals surface area contributed by atoms with Crippen LogP contribution in [0.2, 0.25) is 0 Å². The average Bonchev–Trinajstić information content (AvgIpc) is 2.81. The molecule has 4 heteroatoms. The van der Waals surface area contributed by atoms with E-state index in [0.717, 1.165) is 25.4 Å². The summed E-state index contributed by atoms with van der Waals surface area (Å²) in [6, 6.07) is 0. The summed E-state index contributed by atoms with van der Waals surface area (Å²) in [6.45, 7) is 4.11. The summed E-state index contributed by atoms with van der Waals surface area (Å²) in [7, 11) is 0. The first-order valence-corrected chi connectivity index (χ1v) is 7.86. The molecule has 0 amide bonds. The highest BCUT2D eigenvalue weighted by Gasteiger charge is 2.50. The number of hydrogen-bond donors (Lipinski definition) is 0. The largest absolute Gasteiger partial charge is 0.373 e. The highest BCUT2D eigenvalue weighted by molar-refractivity contribution is 4.87. The van der Waals surface area contributed by atoms with Gasteiger partial charge in [-0.3, -0.25) is 0 Å². The second kappa shape index (κ2) is 6.08. The van der Waals surface area contributed by atoms with Crippen molar-refractivity contribution < 1.29 is 18.9 Å². The van der Waals surface area contributed by atoms with Crippen LogP contribution in [0.1, 0.15) is 51.9 Å². The van der Waals surface area contributed by atoms with Crippen LogP contribution in [0.15, 0.2) is 0 Å². The Morgan fingerprint density at radius 3 is 2.79 bits per heavy atom. The SMILES string of the molecule is CCO[C@@H]1CC[C@]2(OCC3CCCCC3)COC1O2. The molecule has 3 rings (SSSR count). The molecule has 3 aliphatic rings. The first kappa shape index (κ1) is 13.8. The van der Waals surface area contributed by atoms with Crippen molar-refractivity contribution in [1.82, 2.24) is 0 Å². The quantitative estimate of drug-likeness (QED) is 0.770. The van der Waals surface area contributed by atoms with Gasteiger partial charge in [-0.05, 0) is 32.1 Å². The van der Waals surface area contributed by atoms with Crippen molar-refractivity contribution in [2.24, 2.45) is 5.92 Å². The minimum atomic E-state index is -0.476. The van der Waals surface area contributed by atoms with E-state index in [-0.39, 0.29) is 12.4 Å². The van der Waals surface area contributed by atoms with Gasteiger partial charge in [0, 0.05) is 13.0 Å². The van der Waals surface area contributed by atoms with Crippen molar-refractivity contribution in [3.8, 4) is 0 Å². The monoisotopic (exact) mass is 270 g/mol. The van der Waals surface area contributed by atoms with Gasteiger partial charge in [0.25, 0.3) is 0 Å². The van der Waals surface area contributed by atoms with E-state index in [2.05, 4.69) is 0 Å². The van der Waals surface area contributed by atoms with E-state index in [1.54, 1.807) is 0 Å². The fraction of sp³-hybridized carbons (Fsp3) is 1.00. The van der Waals surface area contributed by atoms with Gasteiger partial charge in [-0.2, -0.15) is 0 Å². The van der Waals surface area contributed by atoms with Crippen LogP contribution in [-0.4, -0.2) is 38.0 Å². The van der Waals surface area contributed by atoms with Crippen LogP contribution < -0.4 is 0 Å². The number of fused-ring (bicyclic) bond motifs is 2. The molecule has 3 fully saturated rings. The third kappa shape index (κ3) is 3.13. The Morgan fingerprint density at radius 1 is 1.16 bits per heavy atom. The Balaban J connectivity index is 1.49. The highest BCUT2D eigenvalue weighted by atomic mass is 16.8. The van der Waals surface area contributed by atoms with E-state index in [9.17, 15) is 0 Å². The zero-order valence-electron chi connectivity index (χ0n) is 11.9. The first-order valence-electron chi connectivity index (χ1n) is 7.86. The van der Waals surface area contributed by atoms with Gasteiger partial charge in [0.2, 0.25) is 0 Å². The van der Waals surface area contributed by atoms with Crippen LogP contribution in [0.5, 0.6) is 0 Å². The summed E-state index contributed by atoms with van der Waals surface area (Å²) in [5.74, 6) is 0.241. The van der Waals surface area contributed by atoms with Gasteiger partial charge < -0.3 is 18.9 Å². The van der Waals surface area contributed by atoms with E-state index in [1.807, 2.05) is 6.92 Å². The van der Waals surface area contributed by atoms with E-state index in [4.69, 9.17) is 18.9 Å². The molecule has 4 nitrogen and oxygen atoms in total. The molecule has 0 aromatic heterocycles. The Morgan fingerprint density at radius 2 is 2.00 bits per heavy atom. The summed E-state index contributed by atoms with van der Waals surface area (Å²) >= 11 is 0. The fourth-order valence-electron chi connectivity index (χ4n) is 3.45. The minimum absolute atomic E-state index is 0.0823. The van der Waals surface area contributed by atoms with Crippen LogP contribution in [0.25, 0.3) is 0 Å². The highest BCUT2D eigenvalue weighted by Crippen LogP contribution is 2.39. The van der Waals surface area contributed by atoms with Gasteiger partial charge in [-0.25, -0.2) is 0 Å². The molecular weight excluding hydrogens is 244 g/mol. The predicted molar refractivity (Wildman–Crippen MR) is 70.7 cm³/mol. The summed E-state index contributed by atoms with van der Waals surface area (Å²) in [5.41, 5.74) is 0. The lowest BCUT2D eigenvalue weighted by Crippen LogP contribution is -2.45. The molecule has 110 valence electrons. The van der Waals surface area contributed by atoms with Crippen molar-refractivity contribution in [3.63, 3.8) is 0 Å². The summed E-state index contributed by atoms with van der Waals surface area (Å²) in [5, 5.41) is 0. The zero-order chi connectivity index (χ0) is 13.1. The molecule has 2 heterocycles. The van der Waals surface area contributed by atoms with Crippen molar-refractivity contribution in [3.05, 3.63) is 0 Å². The van der Waals surface area contributed by atoms with E-state index < -0.39 is 5.79 Å². The van der Waals surface area contributed by atoms with Gasteiger partial charge in [0.1, 0.15) is 12.7 Å². The van der Waals surface area contributed by atoms with Crippen LogP contribution in [0.3, 0.4) is 0 Å². The maximum atomic E-state index is 6.12. The van der Waals surface area contributed by atoms with Crippen molar-refractivity contribution >= 4 is 0 Å². The van der Waals surface area contributed by atoms with Crippen LogP contribution in [0, 0.1) is 5.92 Å². The standard InChI is InChI=1S/C15H26O4/c1-2-16-13-8-9-15(11-17-14(13)19-15)18-10-12-6-4-3-5-7-12/h12-14H,2-11H2,1H3/t13-,14?,15-/m1/s1. The fourth-order valence-corrected chi connectivity index (χ4v) is 3.45. The molecule has 1 aliphatic carbocycles. The third-order valence-corrected chi connectivity index (χ3v) is 4.60. The lowest BCUT2D eigenvalue weighted by atomic mass is 9.90. The van der Waals surface area contributed by atoms with Crippen LogP contribution >= 0.6 is 0 Å². The smallest absolute Gasteiger partial charge is 0.195 e. The molecule has 0 aromatic carbocycles. The molecule has 0 N–H and O–H groups in total. The van der Waals surface area contributed by atoms with Gasteiger partial charge in [0.15, 0.2) is 12.1 Å². The number of ether oxygens (including phenoxy) is 4. The molecule has 0 radical (unpaired) electrons. The Kier molecular flexibility index (Phi) is 4.42. The predicted octanol–water partition coefficient (Wildman–Crippen LogP) is 2.85. The Bertz CT molecular complexity index is 290. The van der Waals surface area contributed by atoms with Gasteiger partial charge in [0.05, 0.1) is 6.61 Å². The first-order chi connectivity index (χ1) is 9.31. The van der Waals surface area contributed by atoms with Gasteiger partial charge in [-0.1, -0.05) is 19.3 Å². The lowest BCUT2D eigenvalue weighted by molar-refractivity contribution is -0.278. The Hall–Kier alpha value is -0.160. The normalized spacial score (nSPS) is 39.6. The topological polar surface area (TPSA) is 36.9 Å². The van der Waals surface area contributed by atoms with E-state index in [0.29, 0.717) is 13.2 Å². The molecule has 2 bridgehead atoms. The van der Waals surface area contributed by atoms with Gasteiger partial charge >= 0.3 is 0 Å². The summed E-state index contributed by atoms with van der Waals surface area (Å²) in [4.78, 5) is 0. The molecule has 19 heavy (non-hydrogen) atoms. The maximum Gasteiger partial charge on any atom is 0.195 e. The maximum absolute atomic E-state index is 6.12. The molecule has 1 unspecified atom stereocenters. The van der Waals surface area contributed by atoms with E-state index in [1.165, 1.54) is 32.1 Å². The van der Waals surface area contributed by atoms with Crippen molar-refractivity contribution in [2.45, 2.75) is 70.1 Å². The van der Waals surface area contributed by atoms with Gasteiger partial charge in [-0.15, -0.1) is 0 Å². The minimum Gasteiger partial charge on any atom is -0.373 e. The van der Waals surface area contributed by atoms with E-state index >= 15 is 0 Å². The molecule has 0 aromatic rings. The molecule has 0 spiro atoms. The number of rotatable bonds is 5. The molecule has 1 saturated carbocycles. The summed E-state index contributed by atoms with van der Waals surface area (Å²) < 4.78 is 23.5. The second-order valence-corrected chi connectivity index (χ2v) is 6.06. The van der Waals surface area contributed by atoms with Crippen LogP contribution in [-0.2, 0) is 18.9 Å². The van der Waals surface area contributed by atoms with Crippen LogP contribution in [0.4, 0.5) is 0 Å². The molecular formula is C15H26O4. The zero-order valence-corrected chi connectivity index (χ0v) is 11.9. The third-order valence-electron chi connectivity index (χ3n) is 4.60. The van der Waals surface area contributed by atoms with Crippen molar-refractivity contribution in [2.75, 3.05) is 19.8 Å². The number of hydrogen-bond acceptors (Lipinski definition) is 4. The average molecular weight is 270 g/mol. The van der Waals surface area contributed by atoms with Crippen molar-refractivity contribution in [1.29, 1.82) is 0 Å². The molecule has 2 saturated heterocycles. The molecule has 3 atom stereocenters. The molecule has 2 aliphatic heterocycles. The summed E-state index contributed by atoms with van der Waals surface area (Å²) in [6.07, 6.45) is 8.44. The second-order valence-electron chi connectivity index (χ2n) is 6.06. The Labute approximate surface area is 115 Å². The lowest BCUT2D eigenvalue weighted by Gasteiger charge is -2.36.